The molecule has 2 aromatic rings. The molecule has 0 aliphatic carbocycles. The van der Waals surface area contributed by atoms with Crippen molar-refractivity contribution in [3.8, 4) is 11.5 Å². The van der Waals surface area contributed by atoms with Crippen molar-refractivity contribution in [3.63, 3.8) is 0 Å². The van der Waals surface area contributed by atoms with Gasteiger partial charge in [-0.2, -0.15) is 0 Å². The Hall–Kier alpha value is -2.67. The lowest BCUT2D eigenvalue weighted by Crippen LogP contribution is -2.50. The van der Waals surface area contributed by atoms with E-state index in [0.29, 0.717) is 30.3 Å². The molecule has 0 saturated carbocycles. The Kier molecular flexibility index (Phi) is 7.15. The number of fused-ring (bicyclic) bond motifs is 1. The second kappa shape index (κ2) is 9.64. The van der Waals surface area contributed by atoms with Crippen LogP contribution in [0.5, 0.6) is 11.5 Å². The molecule has 1 aromatic carbocycles. The summed E-state index contributed by atoms with van der Waals surface area (Å²) >= 11 is 6.01. The van der Waals surface area contributed by atoms with Crippen molar-refractivity contribution >= 4 is 23.4 Å². The molecule has 0 N–H and O–H groups in total. The van der Waals surface area contributed by atoms with Gasteiger partial charge in [-0.15, -0.1) is 11.6 Å². The van der Waals surface area contributed by atoms with E-state index in [1.54, 1.807) is 36.0 Å². The molecular weight excluding hydrogens is 420 g/mol. The molecule has 1 aliphatic rings. The van der Waals surface area contributed by atoms with Crippen LogP contribution in [0.2, 0.25) is 0 Å². The molecule has 1 aliphatic heterocycles. The van der Waals surface area contributed by atoms with Crippen LogP contribution in [0.15, 0.2) is 41.0 Å². The minimum Gasteiger partial charge on any atom is -0.467 e. The van der Waals surface area contributed by atoms with Gasteiger partial charge in [0.05, 0.1) is 18.2 Å². The third-order valence-electron chi connectivity index (χ3n) is 5.19. The summed E-state index contributed by atoms with van der Waals surface area (Å²) in [7, 11) is 0. The first kappa shape index (κ1) is 23.0. The van der Waals surface area contributed by atoms with Crippen LogP contribution in [0.1, 0.15) is 39.0 Å². The van der Waals surface area contributed by atoms with Crippen LogP contribution in [-0.4, -0.2) is 46.9 Å². The minimum atomic E-state index is -0.755. The molecule has 2 amide bonds. The van der Waals surface area contributed by atoms with E-state index in [2.05, 4.69) is 0 Å². The average molecular weight is 449 g/mol. The van der Waals surface area contributed by atoms with Gasteiger partial charge in [0.25, 0.3) is 0 Å². The smallest absolute Gasteiger partial charge is 0.242 e. The zero-order valence-electron chi connectivity index (χ0n) is 18.4. The molecule has 2 heterocycles. The number of halogens is 1. The van der Waals surface area contributed by atoms with Crippen molar-refractivity contribution in [1.82, 2.24) is 9.80 Å². The van der Waals surface area contributed by atoms with Crippen LogP contribution < -0.4 is 9.47 Å². The summed E-state index contributed by atoms with van der Waals surface area (Å²) in [6.07, 6.45) is 1.57. The van der Waals surface area contributed by atoms with E-state index >= 15 is 0 Å². The molecule has 0 atom stereocenters. The number of carbonyl (C=O) groups is 2. The standard InChI is InChI=1S/C23H29ClN2O5/c1-16(2)26(22(28)23(3,4)14-24)13-21(27)25(12-18-6-5-9-29-18)11-17-7-8-19-20(10-17)31-15-30-19/h5-10,16H,11-15H2,1-4H3. The molecular formula is C23H29ClN2O5. The summed E-state index contributed by atoms with van der Waals surface area (Å²) in [5.74, 6) is 1.86. The number of furan rings is 1. The van der Waals surface area contributed by atoms with Crippen LogP contribution in [0.3, 0.4) is 0 Å². The Morgan fingerprint density at radius 1 is 1.13 bits per heavy atom. The Labute approximate surface area is 187 Å². The summed E-state index contributed by atoms with van der Waals surface area (Å²) in [6.45, 7) is 8.14. The van der Waals surface area contributed by atoms with E-state index < -0.39 is 5.41 Å². The zero-order chi connectivity index (χ0) is 22.6. The van der Waals surface area contributed by atoms with Gasteiger partial charge in [-0.25, -0.2) is 0 Å². The van der Waals surface area contributed by atoms with Crippen molar-refractivity contribution in [2.75, 3.05) is 19.2 Å². The molecule has 0 saturated heterocycles. The highest BCUT2D eigenvalue weighted by Gasteiger charge is 2.34. The third-order valence-corrected chi connectivity index (χ3v) is 5.86. The van der Waals surface area contributed by atoms with E-state index in [1.807, 2.05) is 38.1 Å². The van der Waals surface area contributed by atoms with Crippen LogP contribution in [0, 0.1) is 5.41 Å². The van der Waals surface area contributed by atoms with Crippen LogP contribution in [-0.2, 0) is 22.7 Å². The predicted molar refractivity (Wildman–Crippen MR) is 117 cm³/mol. The lowest BCUT2D eigenvalue weighted by Gasteiger charge is -2.34. The number of alkyl halides is 1. The number of benzene rings is 1. The summed E-state index contributed by atoms with van der Waals surface area (Å²) in [4.78, 5) is 29.6. The Morgan fingerprint density at radius 2 is 1.87 bits per heavy atom. The van der Waals surface area contributed by atoms with Crippen molar-refractivity contribution in [3.05, 3.63) is 47.9 Å². The molecule has 7 nitrogen and oxygen atoms in total. The van der Waals surface area contributed by atoms with Gasteiger partial charge in [-0.3, -0.25) is 9.59 Å². The second-order valence-electron chi connectivity index (χ2n) is 8.56. The fourth-order valence-corrected chi connectivity index (χ4v) is 3.38. The van der Waals surface area contributed by atoms with Crippen molar-refractivity contribution in [2.24, 2.45) is 5.41 Å². The number of carbonyl (C=O) groups excluding carboxylic acids is 2. The maximum atomic E-state index is 13.3. The average Bonchev–Trinajstić information content (AvgIpc) is 3.42. The topological polar surface area (TPSA) is 72.2 Å². The Morgan fingerprint density at radius 3 is 2.52 bits per heavy atom. The van der Waals surface area contributed by atoms with Crippen LogP contribution >= 0.6 is 11.6 Å². The molecule has 0 fully saturated rings. The van der Waals surface area contributed by atoms with Gasteiger partial charge in [-0.1, -0.05) is 6.07 Å². The van der Waals surface area contributed by atoms with Crippen molar-refractivity contribution in [1.29, 1.82) is 0 Å². The molecule has 31 heavy (non-hydrogen) atoms. The van der Waals surface area contributed by atoms with Crippen LogP contribution in [0.4, 0.5) is 0 Å². The SMILES string of the molecule is CC(C)N(CC(=O)N(Cc1ccc2c(c1)OCO2)Cc1ccco1)C(=O)C(C)(C)CCl. The van der Waals surface area contributed by atoms with Crippen molar-refractivity contribution in [2.45, 2.75) is 46.8 Å². The number of hydrogen-bond donors (Lipinski definition) is 0. The second-order valence-corrected chi connectivity index (χ2v) is 8.83. The summed E-state index contributed by atoms with van der Waals surface area (Å²) in [5.41, 5.74) is 0.141. The van der Waals surface area contributed by atoms with E-state index in [9.17, 15) is 9.59 Å². The molecule has 0 unspecified atom stereocenters. The number of nitrogens with zero attached hydrogens (tertiary/aromatic N) is 2. The normalized spacial score (nSPS) is 12.8. The highest BCUT2D eigenvalue weighted by molar-refractivity contribution is 6.19. The molecule has 8 heteroatoms. The van der Waals surface area contributed by atoms with Gasteiger partial charge >= 0.3 is 0 Å². The maximum Gasteiger partial charge on any atom is 0.242 e. The van der Waals surface area contributed by atoms with E-state index in [1.165, 1.54) is 0 Å². The van der Waals surface area contributed by atoms with Gasteiger partial charge in [0.15, 0.2) is 11.5 Å². The number of hydrogen-bond acceptors (Lipinski definition) is 5. The van der Waals surface area contributed by atoms with E-state index in [-0.39, 0.29) is 37.1 Å². The first-order chi connectivity index (χ1) is 14.7. The van der Waals surface area contributed by atoms with E-state index in [4.69, 9.17) is 25.5 Å². The molecule has 1 aromatic heterocycles. The van der Waals surface area contributed by atoms with Gasteiger partial charge in [0.2, 0.25) is 18.6 Å². The fraction of sp³-hybridized carbons (Fsp3) is 0.478. The van der Waals surface area contributed by atoms with Gasteiger partial charge in [-0.05, 0) is 57.5 Å². The predicted octanol–water partition coefficient (Wildman–Crippen LogP) is 4.04. The van der Waals surface area contributed by atoms with Crippen LogP contribution in [0.25, 0.3) is 0 Å². The molecule has 0 radical (unpaired) electrons. The minimum absolute atomic E-state index is 0.0396. The zero-order valence-corrected chi connectivity index (χ0v) is 19.1. The Bertz CT molecular complexity index is 911. The van der Waals surface area contributed by atoms with Gasteiger partial charge in [0, 0.05) is 18.5 Å². The molecule has 0 spiro atoms. The first-order valence-corrected chi connectivity index (χ1v) is 10.8. The summed E-state index contributed by atoms with van der Waals surface area (Å²) in [5, 5.41) is 0. The highest BCUT2D eigenvalue weighted by Crippen LogP contribution is 2.33. The van der Waals surface area contributed by atoms with Gasteiger partial charge in [0.1, 0.15) is 12.3 Å². The largest absolute Gasteiger partial charge is 0.467 e. The quantitative estimate of drug-likeness (QED) is 0.541. The first-order valence-electron chi connectivity index (χ1n) is 10.3. The lowest BCUT2D eigenvalue weighted by molar-refractivity contribution is -0.147. The fourth-order valence-electron chi connectivity index (χ4n) is 3.26. The number of amides is 2. The van der Waals surface area contributed by atoms with E-state index in [0.717, 1.165) is 5.56 Å². The maximum absolute atomic E-state index is 13.3. The lowest BCUT2D eigenvalue weighted by atomic mass is 9.93. The third kappa shape index (κ3) is 5.53. The summed E-state index contributed by atoms with van der Waals surface area (Å²) in [6, 6.07) is 9.06. The Balaban J connectivity index is 1.80. The highest BCUT2D eigenvalue weighted by atomic mass is 35.5. The number of rotatable bonds is 9. The van der Waals surface area contributed by atoms with Crippen molar-refractivity contribution < 1.29 is 23.5 Å². The molecule has 0 bridgehead atoms. The number of ether oxygens (including phenoxy) is 2. The molecule has 168 valence electrons. The van der Waals surface area contributed by atoms with Gasteiger partial charge < -0.3 is 23.7 Å². The molecule has 3 rings (SSSR count). The summed E-state index contributed by atoms with van der Waals surface area (Å²) < 4.78 is 16.3. The monoisotopic (exact) mass is 448 g/mol.